The predicted molar refractivity (Wildman–Crippen MR) is 57.8 cm³/mol. The largest absolute Gasteiger partial charge is 0.453 e. The minimum atomic E-state index is -0.681. The molecule has 1 saturated carbocycles. The topological polar surface area (TPSA) is 88.2 Å². The highest BCUT2D eigenvalue weighted by Gasteiger charge is 2.38. The molecule has 1 aliphatic carbocycles. The summed E-state index contributed by atoms with van der Waals surface area (Å²) in [6.45, 7) is 2.17. The zero-order chi connectivity index (χ0) is 11.5. The van der Waals surface area contributed by atoms with Crippen LogP contribution < -0.4 is 11.1 Å². The third kappa shape index (κ3) is 2.61. The first kappa shape index (κ1) is 11.8. The molecule has 0 heterocycles. The highest BCUT2D eigenvalue weighted by molar-refractivity contribution is 5.90. The third-order valence-electron chi connectivity index (χ3n) is 3.17. The van der Waals surface area contributed by atoms with E-state index >= 15 is 0 Å². The van der Waals surface area contributed by atoms with Crippen molar-refractivity contribution >= 4 is 11.9 Å². The summed E-state index contributed by atoms with van der Waals surface area (Å²) in [6.07, 6.45) is 2.88. The number of ether oxygens (including phenoxy) is 1. The molecule has 5 heteroatoms. The van der Waals surface area contributed by atoms with Crippen molar-refractivity contribution in [3.8, 4) is 0 Å². The van der Waals surface area contributed by atoms with Crippen LogP contribution in [0.25, 0.3) is 0 Å². The summed E-state index contributed by atoms with van der Waals surface area (Å²) in [5, 5.41) is 10.3. The van der Waals surface area contributed by atoms with Crippen LogP contribution in [0.5, 0.6) is 0 Å². The molecule has 1 rings (SSSR count). The number of hydrogen-bond donors (Lipinski definition) is 3. The Bertz CT molecular complexity index is 257. The molecule has 86 valence electrons. The molecule has 0 aliphatic heterocycles. The second kappa shape index (κ2) is 4.51. The molecule has 5 nitrogen and oxygen atoms in total. The average Bonchev–Trinajstić information content (AvgIpc) is 2.21. The molecule has 1 aliphatic rings. The minimum absolute atomic E-state index is 0.0276. The minimum Gasteiger partial charge on any atom is -0.453 e. The molecule has 1 fully saturated rings. The molecule has 0 bridgehead atoms. The highest BCUT2D eigenvalue weighted by Crippen LogP contribution is 2.31. The number of amides is 1. The number of rotatable bonds is 2. The lowest BCUT2D eigenvalue weighted by Gasteiger charge is -2.38. The highest BCUT2D eigenvalue weighted by atomic mass is 16.5. The van der Waals surface area contributed by atoms with Crippen LogP contribution in [0.4, 0.5) is 4.79 Å². The Morgan fingerprint density at radius 1 is 1.53 bits per heavy atom. The van der Waals surface area contributed by atoms with Crippen molar-refractivity contribution in [2.45, 2.75) is 38.1 Å². The Hall–Kier alpha value is -1.26. The maximum Gasteiger partial charge on any atom is 0.407 e. The fourth-order valence-electron chi connectivity index (χ4n) is 1.96. The summed E-state index contributed by atoms with van der Waals surface area (Å²) < 4.78 is 4.55. The van der Waals surface area contributed by atoms with Crippen molar-refractivity contribution in [1.82, 2.24) is 5.32 Å². The summed E-state index contributed by atoms with van der Waals surface area (Å²) >= 11 is 0. The van der Waals surface area contributed by atoms with E-state index in [1.807, 2.05) is 0 Å². The van der Waals surface area contributed by atoms with Gasteiger partial charge in [0.15, 0.2) is 0 Å². The van der Waals surface area contributed by atoms with Crippen LogP contribution in [0.3, 0.4) is 0 Å². The molecule has 15 heavy (non-hydrogen) atoms. The summed E-state index contributed by atoms with van der Waals surface area (Å²) in [6, 6.07) is 0. The van der Waals surface area contributed by atoms with Gasteiger partial charge in [0.1, 0.15) is 11.4 Å². The van der Waals surface area contributed by atoms with Gasteiger partial charge in [-0.15, -0.1) is 0 Å². The number of nitrogens with one attached hydrogen (secondary N) is 2. The van der Waals surface area contributed by atoms with Gasteiger partial charge in [-0.05, 0) is 31.6 Å². The number of alkyl carbamates (subject to hydrolysis) is 1. The monoisotopic (exact) mass is 213 g/mol. The van der Waals surface area contributed by atoms with E-state index in [1.165, 1.54) is 7.11 Å². The number of amidine groups is 1. The summed E-state index contributed by atoms with van der Waals surface area (Å²) in [7, 11) is 1.31. The first-order valence-electron chi connectivity index (χ1n) is 5.21. The number of methoxy groups -OCH3 is 1. The Labute approximate surface area is 89.9 Å². The van der Waals surface area contributed by atoms with Gasteiger partial charge in [0.25, 0.3) is 0 Å². The quantitative estimate of drug-likeness (QED) is 0.476. The van der Waals surface area contributed by atoms with Crippen molar-refractivity contribution in [3.63, 3.8) is 0 Å². The number of nitrogens with two attached hydrogens (primary N) is 1. The van der Waals surface area contributed by atoms with Gasteiger partial charge in [-0.2, -0.15) is 0 Å². The summed E-state index contributed by atoms with van der Waals surface area (Å²) in [5.41, 5.74) is 4.88. The maximum absolute atomic E-state index is 11.2. The molecule has 4 N–H and O–H groups in total. The normalized spacial score (nSPS) is 30.7. The van der Waals surface area contributed by atoms with Gasteiger partial charge < -0.3 is 15.8 Å². The number of carbonyl (C=O) groups excluding carboxylic acids is 1. The first-order chi connectivity index (χ1) is 7.00. The molecule has 1 amide bonds. The Kier molecular flexibility index (Phi) is 3.55. The van der Waals surface area contributed by atoms with Gasteiger partial charge in [0.05, 0.1) is 7.11 Å². The predicted octanol–water partition coefficient (Wildman–Crippen LogP) is 1.23. The van der Waals surface area contributed by atoms with Crippen LogP contribution in [0.15, 0.2) is 0 Å². The molecule has 0 aromatic heterocycles. The zero-order valence-electron chi connectivity index (χ0n) is 9.30. The number of hydrogen-bond acceptors (Lipinski definition) is 3. The van der Waals surface area contributed by atoms with E-state index in [9.17, 15) is 4.79 Å². The van der Waals surface area contributed by atoms with Crippen molar-refractivity contribution in [3.05, 3.63) is 0 Å². The SMILES string of the molecule is COC(=O)NC1(C(=N)N)CCC(C)CC1. The molecule has 0 spiro atoms. The summed E-state index contributed by atoms with van der Waals surface area (Å²) in [5.74, 6) is 0.664. The van der Waals surface area contributed by atoms with Crippen molar-refractivity contribution in [1.29, 1.82) is 5.41 Å². The molecule has 0 atom stereocenters. The van der Waals surface area contributed by atoms with Crippen LogP contribution in [-0.4, -0.2) is 24.6 Å². The van der Waals surface area contributed by atoms with Gasteiger partial charge in [-0.1, -0.05) is 6.92 Å². The second-order valence-corrected chi connectivity index (χ2v) is 4.29. The molecular weight excluding hydrogens is 194 g/mol. The van der Waals surface area contributed by atoms with Crippen molar-refractivity contribution in [2.24, 2.45) is 11.7 Å². The average molecular weight is 213 g/mol. The van der Waals surface area contributed by atoms with Crippen LogP contribution in [0.2, 0.25) is 0 Å². The molecule has 0 unspecified atom stereocenters. The molecular formula is C10H19N3O2. The lowest BCUT2D eigenvalue weighted by atomic mass is 9.76. The lowest BCUT2D eigenvalue weighted by molar-refractivity contribution is 0.152. The van der Waals surface area contributed by atoms with Gasteiger partial charge in [0, 0.05) is 0 Å². The lowest BCUT2D eigenvalue weighted by Crippen LogP contribution is -2.58. The fraction of sp³-hybridized carbons (Fsp3) is 0.800. The van der Waals surface area contributed by atoms with Gasteiger partial charge in [-0.3, -0.25) is 5.41 Å². The Balaban J connectivity index is 2.71. The van der Waals surface area contributed by atoms with E-state index in [4.69, 9.17) is 11.1 Å². The smallest absolute Gasteiger partial charge is 0.407 e. The van der Waals surface area contributed by atoms with Crippen LogP contribution in [0.1, 0.15) is 32.6 Å². The van der Waals surface area contributed by atoms with Crippen LogP contribution >= 0.6 is 0 Å². The van der Waals surface area contributed by atoms with E-state index in [2.05, 4.69) is 17.0 Å². The molecule has 0 saturated heterocycles. The van der Waals surface area contributed by atoms with E-state index in [-0.39, 0.29) is 5.84 Å². The van der Waals surface area contributed by atoms with Gasteiger partial charge in [-0.25, -0.2) is 4.79 Å². The van der Waals surface area contributed by atoms with Gasteiger partial charge >= 0.3 is 6.09 Å². The molecule has 0 radical (unpaired) electrons. The second-order valence-electron chi connectivity index (χ2n) is 4.29. The van der Waals surface area contributed by atoms with Gasteiger partial charge in [0.2, 0.25) is 0 Å². The molecule has 0 aromatic carbocycles. The standard InChI is InChI=1S/C10H19N3O2/c1-7-3-5-10(6-4-7,8(11)12)13-9(14)15-2/h7H,3-6H2,1-2H3,(H3,11,12)(H,13,14). The van der Waals surface area contributed by atoms with Crippen molar-refractivity contribution in [2.75, 3.05) is 7.11 Å². The maximum atomic E-state index is 11.2. The summed E-state index contributed by atoms with van der Waals surface area (Å²) in [4.78, 5) is 11.2. The van der Waals surface area contributed by atoms with Crippen molar-refractivity contribution < 1.29 is 9.53 Å². The third-order valence-corrected chi connectivity index (χ3v) is 3.17. The Morgan fingerprint density at radius 2 is 2.07 bits per heavy atom. The first-order valence-corrected chi connectivity index (χ1v) is 5.21. The van der Waals surface area contributed by atoms with Crippen LogP contribution in [-0.2, 0) is 4.74 Å². The van der Waals surface area contributed by atoms with E-state index < -0.39 is 11.6 Å². The van der Waals surface area contributed by atoms with E-state index in [0.29, 0.717) is 5.92 Å². The fourth-order valence-corrected chi connectivity index (χ4v) is 1.96. The van der Waals surface area contributed by atoms with E-state index in [1.54, 1.807) is 0 Å². The van der Waals surface area contributed by atoms with Crippen LogP contribution in [0, 0.1) is 11.3 Å². The number of carbonyl (C=O) groups is 1. The van der Waals surface area contributed by atoms with E-state index in [0.717, 1.165) is 25.7 Å². The molecule has 0 aromatic rings. The Morgan fingerprint density at radius 3 is 2.47 bits per heavy atom. The zero-order valence-corrected chi connectivity index (χ0v) is 9.30.